The number of halogens is 1. The summed E-state index contributed by atoms with van der Waals surface area (Å²) >= 11 is 0. The zero-order valence-electron chi connectivity index (χ0n) is 17.6. The third-order valence-electron chi connectivity index (χ3n) is 6.61. The van der Waals surface area contributed by atoms with Gasteiger partial charge in [0.1, 0.15) is 11.6 Å². The fourth-order valence-electron chi connectivity index (χ4n) is 4.80. The molecule has 156 valence electrons. The van der Waals surface area contributed by atoms with E-state index < -0.39 is 0 Å². The van der Waals surface area contributed by atoms with Gasteiger partial charge in [-0.05, 0) is 69.6 Å². The molecule has 1 N–H and O–H groups in total. The molecule has 4 nitrogen and oxygen atoms in total. The first-order valence-electron chi connectivity index (χ1n) is 11.1. The summed E-state index contributed by atoms with van der Waals surface area (Å²) in [5, 5.41) is 1.19. The van der Waals surface area contributed by atoms with Gasteiger partial charge in [0, 0.05) is 35.3 Å². The fraction of sp³-hybridized carbons (Fsp3) is 0.400. The monoisotopic (exact) mass is 404 g/mol. The number of aryl methyl sites for hydroxylation is 1. The fourth-order valence-corrected chi connectivity index (χ4v) is 4.80. The average molecular weight is 405 g/mol. The third kappa shape index (κ3) is 3.86. The number of unbranched alkanes of at least 4 members (excludes halogenated alkanes) is 1. The van der Waals surface area contributed by atoms with E-state index >= 15 is 0 Å². The lowest BCUT2D eigenvalue weighted by atomic mass is 9.92. The minimum atomic E-state index is -0.259. The molecule has 2 aromatic carbocycles. The summed E-state index contributed by atoms with van der Waals surface area (Å²) in [5.74, 6) is 1.44. The average Bonchev–Trinajstić information content (AvgIpc) is 3.36. The van der Waals surface area contributed by atoms with E-state index in [1.54, 1.807) is 6.07 Å². The largest absolute Gasteiger partial charge is 0.347 e. The lowest BCUT2D eigenvalue weighted by molar-refractivity contribution is 0.209. The second-order valence-electron chi connectivity index (χ2n) is 8.74. The third-order valence-corrected chi connectivity index (χ3v) is 6.61. The summed E-state index contributed by atoms with van der Waals surface area (Å²) in [7, 11) is 2.23. The Morgan fingerprint density at radius 1 is 1.10 bits per heavy atom. The smallest absolute Gasteiger partial charge is 0.139 e. The standard InChI is InChI=1S/C25H29FN4/c1-29-14-10-18(11-15-29)5-2-3-13-30-16-12-20-21(6-4-7-24(20)30)25-27-22-9-8-19(26)17-23(22)28-25/h4,6-9,12,16-18H,2-3,5,10-11,13-15H2,1H3,(H,27,28). The van der Waals surface area contributed by atoms with Crippen molar-refractivity contribution in [1.29, 1.82) is 0 Å². The number of nitrogens with zero attached hydrogens (tertiary/aromatic N) is 3. The van der Waals surface area contributed by atoms with Crippen LogP contribution in [0.2, 0.25) is 0 Å². The van der Waals surface area contributed by atoms with Gasteiger partial charge in [0.2, 0.25) is 0 Å². The van der Waals surface area contributed by atoms with Crippen LogP contribution in [0, 0.1) is 11.7 Å². The Morgan fingerprint density at radius 3 is 2.83 bits per heavy atom. The molecule has 1 aliphatic rings. The second kappa shape index (κ2) is 8.23. The number of benzene rings is 2. The van der Waals surface area contributed by atoms with Crippen molar-refractivity contribution >= 4 is 21.9 Å². The number of imidazole rings is 1. The first kappa shape index (κ1) is 19.3. The van der Waals surface area contributed by atoms with Gasteiger partial charge in [-0.2, -0.15) is 0 Å². The maximum Gasteiger partial charge on any atom is 0.139 e. The van der Waals surface area contributed by atoms with Crippen molar-refractivity contribution in [2.75, 3.05) is 20.1 Å². The highest BCUT2D eigenvalue weighted by Crippen LogP contribution is 2.30. The molecule has 0 amide bonds. The summed E-state index contributed by atoms with van der Waals surface area (Å²) in [6.45, 7) is 3.55. The van der Waals surface area contributed by atoms with Crippen LogP contribution in [0.3, 0.4) is 0 Å². The topological polar surface area (TPSA) is 36.9 Å². The predicted molar refractivity (Wildman–Crippen MR) is 121 cm³/mol. The maximum atomic E-state index is 13.5. The predicted octanol–water partition coefficient (Wildman–Crippen LogP) is 5.84. The molecule has 0 aliphatic carbocycles. The molecule has 0 unspecified atom stereocenters. The summed E-state index contributed by atoms with van der Waals surface area (Å²) in [6, 6.07) is 13.2. The van der Waals surface area contributed by atoms with Crippen molar-refractivity contribution in [2.45, 2.75) is 38.6 Å². The van der Waals surface area contributed by atoms with E-state index in [0.29, 0.717) is 5.52 Å². The molecule has 30 heavy (non-hydrogen) atoms. The van der Waals surface area contributed by atoms with E-state index in [1.807, 2.05) is 0 Å². The number of hydrogen-bond donors (Lipinski definition) is 1. The van der Waals surface area contributed by atoms with Crippen LogP contribution in [0.1, 0.15) is 32.1 Å². The summed E-state index contributed by atoms with van der Waals surface area (Å²) in [5.41, 5.74) is 3.82. The lowest BCUT2D eigenvalue weighted by Gasteiger charge is -2.28. The van der Waals surface area contributed by atoms with Crippen molar-refractivity contribution in [3.63, 3.8) is 0 Å². The van der Waals surface area contributed by atoms with Crippen LogP contribution in [0.5, 0.6) is 0 Å². The van der Waals surface area contributed by atoms with Gasteiger partial charge in [0.15, 0.2) is 0 Å². The van der Waals surface area contributed by atoms with E-state index in [1.165, 1.54) is 68.2 Å². The van der Waals surface area contributed by atoms with Crippen LogP contribution < -0.4 is 0 Å². The number of H-pyrrole nitrogens is 1. The number of aromatic amines is 1. The number of aromatic nitrogens is 3. The minimum Gasteiger partial charge on any atom is -0.347 e. The molecule has 4 aromatic rings. The Morgan fingerprint density at radius 2 is 1.97 bits per heavy atom. The molecule has 1 fully saturated rings. The van der Waals surface area contributed by atoms with Gasteiger partial charge < -0.3 is 14.5 Å². The van der Waals surface area contributed by atoms with Crippen LogP contribution in [0.25, 0.3) is 33.3 Å². The number of hydrogen-bond acceptors (Lipinski definition) is 2. The summed E-state index contributed by atoms with van der Waals surface area (Å²) < 4.78 is 15.9. The highest BCUT2D eigenvalue weighted by atomic mass is 19.1. The van der Waals surface area contributed by atoms with E-state index in [-0.39, 0.29) is 5.82 Å². The number of rotatable bonds is 6. The number of piperidine rings is 1. The Labute approximate surface area is 176 Å². The maximum absolute atomic E-state index is 13.5. The zero-order valence-corrected chi connectivity index (χ0v) is 17.6. The first-order chi connectivity index (χ1) is 14.7. The second-order valence-corrected chi connectivity index (χ2v) is 8.74. The molecular weight excluding hydrogens is 375 g/mol. The van der Waals surface area contributed by atoms with E-state index in [2.05, 4.69) is 56.9 Å². The van der Waals surface area contributed by atoms with Crippen LogP contribution >= 0.6 is 0 Å². The van der Waals surface area contributed by atoms with Gasteiger partial charge in [-0.3, -0.25) is 0 Å². The molecule has 5 rings (SSSR count). The molecule has 0 atom stereocenters. The van der Waals surface area contributed by atoms with Gasteiger partial charge in [-0.1, -0.05) is 25.0 Å². The van der Waals surface area contributed by atoms with Crippen LogP contribution in [-0.4, -0.2) is 39.6 Å². The quantitative estimate of drug-likeness (QED) is 0.410. The van der Waals surface area contributed by atoms with Crippen LogP contribution in [-0.2, 0) is 6.54 Å². The summed E-state index contributed by atoms with van der Waals surface area (Å²) in [4.78, 5) is 10.4. The van der Waals surface area contributed by atoms with Crippen LogP contribution in [0.4, 0.5) is 4.39 Å². The van der Waals surface area contributed by atoms with Crippen molar-refractivity contribution in [3.05, 3.63) is 54.5 Å². The molecule has 2 aromatic heterocycles. The molecular formula is C25H29FN4. The van der Waals surface area contributed by atoms with E-state index in [0.717, 1.165) is 29.4 Å². The summed E-state index contributed by atoms with van der Waals surface area (Å²) in [6.07, 6.45) is 8.76. The van der Waals surface area contributed by atoms with Crippen molar-refractivity contribution in [2.24, 2.45) is 5.92 Å². The van der Waals surface area contributed by atoms with Crippen molar-refractivity contribution in [3.8, 4) is 11.4 Å². The molecule has 0 bridgehead atoms. The molecule has 5 heteroatoms. The lowest BCUT2D eigenvalue weighted by Crippen LogP contribution is -2.30. The minimum absolute atomic E-state index is 0.259. The number of nitrogens with one attached hydrogen (secondary N) is 1. The highest BCUT2D eigenvalue weighted by molar-refractivity contribution is 5.95. The molecule has 0 radical (unpaired) electrons. The molecule has 1 aliphatic heterocycles. The highest BCUT2D eigenvalue weighted by Gasteiger charge is 2.16. The van der Waals surface area contributed by atoms with Gasteiger partial charge in [0.05, 0.1) is 11.0 Å². The number of likely N-dealkylation sites (tertiary alicyclic amines) is 1. The van der Waals surface area contributed by atoms with Gasteiger partial charge in [0.25, 0.3) is 0 Å². The van der Waals surface area contributed by atoms with E-state index in [4.69, 9.17) is 0 Å². The number of fused-ring (bicyclic) bond motifs is 2. The van der Waals surface area contributed by atoms with Gasteiger partial charge in [-0.25, -0.2) is 9.37 Å². The molecule has 1 saturated heterocycles. The Bertz CT molecular complexity index is 1150. The van der Waals surface area contributed by atoms with E-state index in [9.17, 15) is 4.39 Å². The Balaban J connectivity index is 1.29. The first-order valence-corrected chi connectivity index (χ1v) is 11.1. The zero-order chi connectivity index (χ0) is 20.5. The van der Waals surface area contributed by atoms with Gasteiger partial charge >= 0.3 is 0 Å². The van der Waals surface area contributed by atoms with Crippen molar-refractivity contribution in [1.82, 2.24) is 19.4 Å². The molecule has 0 saturated carbocycles. The molecule has 0 spiro atoms. The normalized spacial score (nSPS) is 16.1. The Hall–Kier alpha value is -2.66. The SMILES string of the molecule is CN1CCC(CCCCn2ccc3c(-c4nc5cc(F)ccc5[nH]4)cccc32)CC1. The van der Waals surface area contributed by atoms with Crippen molar-refractivity contribution < 1.29 is 4.39 Å². The van der Waals surface area contributed by atoms with Crippen LogP contribution in [0.15, 0.2) is 48.7 Å². The Kier molecular flexibility index (Phi) is 5.30. The van der Waals surface area contributed by atoms with Gasteiger partial charge in [-0.15, -0.1) is 0 Å². The molecule has 3 heterocycles.